The lowest BCUT2D eigenvalue weighted by atomic mass is 9.90. The summed E-state index contributed by atoms with van der Waals surface area (Å²) in [6.45, 7) is 26.2. The molecule has 42 heavy (non-hydrogen) atoms. The number of hydrogen-bond donors (Lipinski definition) is 0. The summed E-state index contributed by atoms with van der Waals surface area (Å²) < 4.78 is 6.99. The molecular weight excluding hydrogens is 512 g/mol. The molecule has 4 aromatic carbocycles. The first kappa shape index (κ1) is 29.9. The highest BCUT2D eigenvalue weighted by atomic mass is 16.5. The summed E-state index contributed by atoms with van der Waals surface area (Å²) in [4.78, 5) is 5.02. The molecule has 0 atom stereocenters. The molecule has 0 amide bonds. The van der Waals surface area contributed by atoms with Crippen molar-refractivity contribution in [2.75, 3.05) is 22.9 Å². The molecule has 0 spiro atoms. The third-order valence-electron chi connectivity index (χ3n) is 8.91. The van der Waals surface area contributed by atoms with Crippen LogP contribution in [0.25, 0.3) is 22.3 Å². The summed E-state index contributed by atoms with van der Waals surface area (Å²) in [7, 11) is 0. The summed E-state index contributed by atoms with van der Waals surface area (Å²) >= 11 is 0. The second kappa shape index (κ2) is 11.3. The zero-order valence-electron chi connectivity index (χ0n) is 27.6. The number of anilines is 2. The van der Waals surface area contributed by atoms with E-state index in [0.717, 1.165) is 13.1 Å². The van der Waals surface area contributed by atoms with Crippen LogP contribution in [0.1, 0.15) is 65.3 Å². The van der Waals surface area contributed by atoms with Gasteiger partial charge in [0.25, 0.3) is 0 Å². The van der Waals surface area contributed by atoms with E-state index in [1.165, 1.54) is 78.1 Å². The molecule has 0 N–H and O–H groups in total. The normalized spacial score (nSPS) is 14.3. The van der Waals surface area contributed by atoms with Gasteiger partial charge < -0.3 is 14.5 Å². The van der Waals surface area contributed by atoms with Gasteiger partial charge in [0, 0.05) is 24.5 Å². The van der Waals surface area contributed by atoms with E-state index < -0.39 is 0 Å². The molecule has 3 heteroatoms. The highest BCUT2D eigenvalue weighted by molar-refractivity contribution is 5.82. The van der Waals surface area contributed by atoms with Crippen LogP contribution in [0.2, 0.25) is 0 Å². The van der Waals surface area contributed by atoms with Gasteiger partial charge in [-0.25, -0.2) is 0 Å². The van der Waals surface area contributed by atoms with E-state index in [1.807, 2.05) is 0 Å². The van der Waals surface area contributed by atoms with E-state index in [-0.39, 0.29) is 12.0 Å². The molecular formula is C39H48N2O. The van der Waals surface area contributed by atoms with Crippen LogP contribution in [-0.2, 0) is 4.74 Å². The topological polar surface area (TPSA) is 15.7 Å². The molecule has 5 rings (SSSR count). The lowest BCUT2D eigenvalue weighted by Crippen LogP contribution is -2.46. The first-order valence-corrected chi connectivity index (χ1v) is 15.3. The number of rotatable bonds is 5. The molecule has 1 saturated heterocycles. The molecule has 0 saturated carbocycles. The maximum Gasteiger partial charge on any atom is 0.211 e. The van der Waals surface area contributed by atoms with E-state index in [2.05, 4.69) is 147 Å². The third kappa shape index (κ3) is 5.36. The lowest BCUT2D eigenvalue weighted by Gasteiger charge is -2.39. The fourth-order valence-corrected chi connectivity index (χ4v) is 7.07. The number of hydrogen-bond acceptors (Lipinski definition) is 3. The summed E-state index contributed by atoms with van der Waals surface area (Å²) in [5, 5.41) is 0. The standard InChI is InChI=1S/C39H48N2O/c1-24-14-12-15-25(2)34(24)32-20-18-28(5)36(30(32)7)40-22-23-41(38(40)42-39(9,10)11)37-29(6)19-21-33(31(37)8)35-26(3)16-13-17-27(35)4/h12-21,38H,22-23H2,1-11H3. The van der Waals surface area contributed by atoms with Gasteiger partial charge in [-0.3, -0.25) is 0 Å². The van der Waals surface area contributed by atoms with E-state index in [1.54, 1.807) is 0 Å². The van der Waals surface area contributed by atoms with Gasteiger partial charge in [0.1, 0.15) is 0 Å². The second-order valence-electron chi connectivity index (χ2n) is 13.3. The van der Waals surface area contributed by atoms with Gasteiger partial charge in [0.15, 0.2) is 0 Å². The van der Waals surface area contributed by atoms with Crippen LogP contribution in [0.15, 0.2) is 60.7 Å². The van der Waals surface area contributed by atoms with Crippen molar-refractivity contribution in [2.24, 2.45) is 0 Å². The van der Waals surface area contributed by atoms with Gasteiger partial charge in [-0.1, -0.05) is 60.7 Å². The molecule has 1 aliphatic rings. The van der Waals surface area contributed by atoms with Gasteiger partial charge in [0.05, 0.1) is 5.60 Å². The van der Waals surface area contributed by atoms with E-state index >= 15 is 0 Å². The van der Waals surface area contributed by atoms with E-state index in [0.29, 0.717) is 0 Å². The molecule has 1 aliphatic heterocycles. The number of aryl methyl sites for hydroxylation is 6. The zero-order chi connectivity index (χ0) is 30.5. The van der Waals surface area contributed by atoms with Crippen LogP contribution in [0.3, 0.4) is 0 Å². The van der Waals surface area contributed by atoms with Crippen molar-refractivity contribution < 1.29 is 4.74 Å². The molecule has 220 valence electrons. The smallest absolute Gasteiger partial charge is 0.211 e. The molecule has 0 bridgehead atoms. The van der Waals surface area contributed by atoms with E-state index in [9.17, 15) is 0 Å². The average molecular weight is 561 g/mol. The fraction of sp³-hybridized carbons (Fsp3) is 0.385. The first-order valence-electron chi connectivity index (χ1n) is 15.3. The molecule has 3 nitrogen and oxygen atoms in total. The summed E-state index contributed by atoms with van der Waals surface area (Å²) in [6.07, 6.45) is -0.221. The Kier molecular flexibility index (Phi) is 8.02. The largest absolute Gasteiger partial charge is 0.335 e. The van der Waals surface area contributed by atoms with Gasteiger partial charge >= 0.3 is 0 Å². The van der Waals surface area contributed by atoms with Crippen molar-refractivity contribution in [3.63, 3.8) is 0 Å². The summed E-state index contributed by atoms with van der Waals surface area (Å²) in [5.41, 5.74) is 18.0. The van der Waals surface area contributed by atoms with Crippen molar-refractivity contribution >= 4 is 11.4 Å². The highest BCUT2D eigenvalue weighted by Gasteiger charge is 2.39. The van der Waals surface area contributed by atoms with Gasteiger partial charge in [-0.05, 0) is 143 Å². The van der Waals surface area contributed by atoms with Crippen LogP contribution in [0, 0.1) is 55.4 Å². The van der Waals surface area contributed by atoms with Gasteiger partial charge in [-0.15, -0.1) is 0 Å². The van der Waals surface area contributed by atoms with Crippen molar-refractivity contribution in [3.05, 3.63) is 105 Å². The Hall–Kier alpha value is -3.56. The van der Waals surface area contributed by atoms with Gasteiger partial charge in [0.2, 0.25) is 6.35 Å². The minimum atomic E-state index is -0.316. The molecule has 0 unspecified atom stereocenters. The summed E-state index contributed by atoms with van der Waals surface area (Å²) in [5.74, 6) is 0. The molecule has 4 aromatic rings. The van der Waals surface area contributed by atoms with Crippen LogP contribution in [0.5, 0.6) is 0 Å². The molecule has 1 heterocycles. The maximum atomic E-state index is 6.99. The van der Waals surface area contributed by atoms with Gasteiger partial charge in [-0.2, -0.15) is 0 Å². The highest BCUT2D eigenvalue weighted by Crippen LogP contribution is 2.43. The Morgan fingerprint density at radius 3 is 1.21 bits per heavy atom. The lowest BCUT2D eigenvalue weighted by molar-refractivity contribution is -0.0526. The quantitative estimate of drug-likeness (QED) is 0.242. The second-order valence-corrected chi connectivity index (χ2v) is 13.3. The predicted molar refractivity (Wildman–Crippen MR) is 181 cm³/mol. The van der Waals surface area contributed by atoms with Crippen LogP contribution >= 0.6 is 0 Å². The SMILES string of the molecule is Cc1cccc(C)c1-c1ccc(C)c(N2CCN(c3c(C)ccc(-c4c(C)cccc4C)c3C)C2OC(C)(C)C)c1C. The molecule has 0 radical (unpaired) electrons. The molecule has 0 aliphatic carbocycles. The number of benzene rings is 4. The third-order valence-corrected chi connectivity index (χ3v) is 8.91. The summed E-state index contributed by atoms with van der Waals surface area (Å²) in [6, 6.07) is 22.4. The van der Waals surface area contributed by atoms with Crippen LogP contribution in [0.4, 0.5) is 11.4 Å². The maximum absolute atomic E-state index is 6.99. The first-order chi connectivity index (χ1) is 19.8. The molecule has 1 fully saturated rings. The predicted octanol–water partition coefficient (Wildman–Crippen LogP) is 9.91. The average Bonchev–Trinajstić information content (AvgIpc) is 3.27. The Morgan fingerprint density at radius 1 is 0.524 bits per heavy atom. The number of nitrogens with zero attached hydrogens (tertiary/aromatic N) is 2. The zero-order valence-corrected chi connectivity index (χ0v) is 27.6. The number of ether oxygens (including phenoxy) is 1. The van der Waals surface area contributed by atoms with E-state index in [4.69, 9.17) is 4.74 Å². The van der Waals surface area contributed by atoms with Crippen molar-refractivity contribution in [3.8, 4) is 22.3 Å². The van der Waals surface area contributed by atoms with Crippen molar-refractivity contribution in [1.82, 2.24) is 0 Å². The minimum Gasteiger partial charge on any atom is -0.335 e. The monoisotopic (exact) mass is 560 g/mol. The fourth-order valence-electron chi connectivity index (χ4n) is 7.07. The Labute approximate surface area is 254 Å². The van der Waals surface area contributed by atoms with Crippen molar-refractivity contribution in [2.45, 2.75) is 88.1 Å². The van der Waals surface area contributed by atoms with Crippen molar-refractivity contribution in [1.29, 1.82) is 0 Å². The molecule has 0 aromatic heterocycles. The Balaban J connectivity index is 1.67. The minimum absolute atomic E-state index is 0.221. The van der Waals surface area contributed by atoms with Crippen LogP contribution in [-0.4, -0.2) is 25.0 Å². The Morgan fingerprint density at radius 2 is 0.881 bits per heavy atom. The van der Waals surface area contributed by atoms with Crippen LogP contribution < -0.4 is 9.80 Å². The Bertz CT molecular complexity index is 1490.